The van der Waals surface area contributed by atoms with Crippen molar-refractivity contribution >= 4 is 11.6 Å². The smallest absolute Gasteiger partial charge is 0.406 e. The van der Waals surface area contributed by atoms with Gasteiger partial charge in [-0.05, 0) is 48.1 Å². The molecule has 0 radical (unpaired) electrons. The Bertz CT molecular complexity index is 729. The molecule has 4 nitrogen and oxygen atoms in total. The average Bonchev–Trinajstić information content (AvgIpc) is 3.34. The lowest BCUT2D eigenvalue weighted by Crippen LogP contribution is -2.23. The van der Waals surface area contributed by atoms with Crippen molar-refractivity contribution in [1.29, 1.82) is 0 Å². The molecular formula is C18H18F3N3O. The van der Waals surface area contributed by atoms with Crippen molar-refractivity contribution in [2.24, 2.45) is 16.6 Å². The highest BCUT2D eigenvalue weighted by atomic mass is 19.4. The number of guanidine groups is 1. The molecule has 25 heavy (non-hydrogen) atoms. The number of hydrogen-bond donors (Lipinski definition) is 2. The van der Waals surface area contributed by atoms with Gasteiger partial charge in [0.2, 0.25) is 0 Å². The van der Waals surface area contributed by atoms with E-state index >= 15 is 0 Å². The van der Waals surface area contributed by atoms with Gasteiger partial charge in [-0.1, -0.05) is 30.3 Å². The Labute approximate surface area is 143 Å². The zero-order valence-corrected chi connectivity index (χ0v) is 13.3. The number of anilines is 1. The van der Waals surface area contributed by atoms with Crippen LogP contribution in [0.4, 0.5) is 18.9 Å². The molecule has 2 aromatic carbocycles. The Morgan fingerprint density at radius 2 is 1.80 bits per heavy atom. The number of nitrogens with two attached hydrogens (primary N) is 1. The van der Waals surface area contributed by atoms with E-state index in [1.54, 1.807) is 0 Å². The minimum absolute atomic E-state index is 0.239. The maximum Gasteiger partial charge on any atom is 0.573 e. The topological polar surface area (TPSA) is 59.6 Å². The number of benzene rings is 2. The third-order valence-corrected chi connectivity index (χ3v) is 4.01. The first-order valence-electron chi connectivity index (χ1n) is 7.88. The van der Waals surface area contributed by atoms with E-state index in [0.29, 0.717) is 24.1 Å². The molecule has 0 aliphatic heterocycles. The van der Waals surface area contributed by atoms with Gasteiger partial charge >= 0.3 is 6.36 Å². The van der Waals surface area contributed by atoms with Gasteiger partial charge < -0.3 is 15.8 Å². The molecule has 3 N–H and O–H groups in total. The molecular weight excluding hydrogens is 331 g/mol. The van der Waals surface area contributed by atoms with Crippen LogP contribution in [0.3, 0.4) is 0 Å². The minimum atomic E-state index is -4.70. The van der Waals surface area contributed by atoms with Gasteiger partial charge in [0.05, 0.1) is 0 Å². The van der Waals surface area contributed by atoms with Gasteiger partial charge in [-0.15, -0.1) is 13.2 Å². The van der Waals surface area contributed by atoms with Crippen molar-refractivity contribution < 1.29 is 17.9 Å². The molecule has 3 rings (SSSR count). The SMILES string of the molecule is NC(=NCC1CC1c1ccccc1)Nc1ccc(OC(F)(F)F)cc1. The van der Waals surface area contributed by atoms with Gasteiger partial charge in [0, 0.05) is 12.2 Å². The van der Waals surface area contributed by atoms with E-state index in [9.17, 15) is 13.2 Å². The fourth-order valence-electron chi connectivity index (χ4n) is 2.70. The van der Waals surface area contributed by atoms with Gasteiger partial charge in [-0.3, -0.25) is 4.99 Å². The summed E-state index contributed by atoms with van der Waals surface area (Å²) in [6, 6.07) is 15.6. The molecule has 0 saturated heterocycles. The summed E-state index contributed by atoms with van der Waals surface area (Å²) in [5, 5.41) is 2.86. The number of hydrogen-bond acceptors (Lipinski definition) is 2. The second kappa shape index (κ2) is 7.04. The van der Waals surface area contributed by atoms with E-state index in [4.69, 9.17) is 5.73 Å². The highest BCUT2D eigenvalue weighted by molar-refractivity contribution is 5.92. The van der Waals surface area contributed by atoms with Crippen LogP contribution in [0.25, 0.3) is 0 Å². The predicted octanol–water partition coefficient (Wildman–Crippen LogP) is 4.12. The maximum atomic E-state index is 12.1. The van der Waals surface area contributed by atoms with Crippen molar-refractivity contribution in [3.63, 3.8) is 0 Å². The lowest BCUT2D eigenvalue weighted by molar-refractivity contribution is -0.274. The lowest BCUT2D eigenvalue weighted by Gasteiger charge is -2.10. The highest BCUT2D eigenvalue weighted by Gasteiger charge is 2.37. The summed E-state index contributed by atoms with van der Waals surface area (Å²) in [6.07, 6.45) is -3.61. The number of aliphatic imine (C=N–C) groups is 1. The Balaban J connectivity index is 1.49. The number of nitrogens with one attached hydrogen (secondary N) is 1. The summed E-state index contributed by atoms with van der Waals surface area (Å²) < 4.78 is 40.1. The normalized spacial score (nSPS) is 20.2. The minimum Gasteiger partial charge on any atom is -0.406 e. The number of rotatable bonds is 5. The van der Waals surface area contributed by atoms with Gasteiger partial charge in [-0.25, -0.2) is 0 Å². The van der Waals surface area contributed by atoms with Gasteiger partial charge in [0.25, 0.3) is 0 Å². The standard InChI is InChI=1S/C18H18F3N3O/c19-18(20,21)25-15-8-6-14(7-9-15)24-17(22)23-11-13-10-16(13)12-4-2-1-3-5-12/h1-9,13,16H,10-11H2,(H3,22,23,24). The van der Waals surface area contributed by atoms with E-state index in [1.165, 1.54) is 29.8 Å². The first-order chi connectivity index (χ1) is 11.9. The first-order valence-corrected chi connectivity index (χ1v) is 7.88. The van der Waals surface area contributed by atoms with E-state index in [1.807, 2.05) is 18.2 Å². The first kappa shape index (κ1) is 17.1. The number of halogens is 3. The zero-order valence-electron chi connectivity index (χ0n) is 13.3. The summed E-state index contributed by atoms with van der Waals surface area (Å²) in [7, 11) is 0. The van der Waals surface area contributed by atoms with Crippen LogP contribution in [0, 0.1) is 5.92 Å². The van der Waals surface area contributed by atoms with Crippen LogP contribution < -0.4 is 15.8 Å². The van der Waals surface area contributed by atoms with Crippen molar-refractivity contribution in [1.82, 2.24) is 0 Å². The molecule has 1 aliphatic rings. The largest absolute Gasteiger partial charge is 0.573 e. The number of nitrogens with zero attached hydrogens (tertiary/aromatic N) is 1. The van der Waals surface area contributed by atoms with Crippen molar-refractivity contribution in [2.45, 2.75) is 18.7 Å². The third kappa shape index (κ3) is 5.14. The van der Waals surface area contributed by atoms with E-state index in [2.05, 4.69) is 27.2 Å². The molecule has 2 atom stereocenters. The van der Waals surface area contributed by atoms with Crippen molar-refractivity contribution in [3.05, 3.63) is 60.2 Å². The summed E-state index contributed by atoms with van der Waals surface area (Å²) >= 11 is 0. The number of ether oxygens (including phenoxy) is 1. The molecule has 0 aromatic heterocycles. The van der Waals surface area contributed by atoms with E-state index in [0.717, 1.165) is 6.42 Å². The molecule has 0 heterocycles. The zero-order chi connectivity index (χ0) is 17.9. The molecule has 2 aromatic rings. The Kier molecular flexibility index (Phi) is 4.83. The fourth-order valence-corrected chi connectivity index (χ4v) is 2.70. The third-order valence-electron chi connectivity index (χ3n) is 4.01. The van der Waals surface area contributed by atoms with Crippen LogP contribution in [0.5, 0.6) is 5.75 Å². The van der Waals surface area contributed by atoms with Gasteiger partial charge in [-0.2, -0.15) is 0 Å². The molecule has 132 valence electrons. The van der Waals surface area contributed by atoms with E-state index in [-0.39, 0.29) is 11.7 Å². The lowest BCUT2D eigenvalue weighted by atomic mass is 10.1. The summed E-state index contributed by atoms with van der Waals surface area (Å²) in [5.74, 6) is 0.960. The summed E-state index contributed by atoms with van der Waals surface area (Å²) in [6.45, 7) is 0.619. The molecule has 1 aliphatic carbocycles. The molecule has 7 heteroatoms. The fraction of sp³-hybridized carbons (Fsp3) is 0.278. The van der Waals surface area contributed by atoms with Crippen LogP contribution in [0.1, 0.15) is 17.9 Å². The Morgan fingerprint density at radius 3 is 2.44 bits per heavy atom. The van der Waals surface area contributed by atoms with Gasteiger partial charge in [0.1, 0.15) is 5.75 Å². The van der Waals surface area contributed by atoms with Crippen LogP contribution in [-0.4, -0.2) is 18.9 Å². The second-order valence-corrected chi connectivity index (χ2v) is 5.94. The molecule has 0 amide bonds. The molecule has 0 spiro atoms. The molecule has 1 saturated carbocycles. The van der Waals surface area contributed by atoms with E-state index < -0.39 is 6.36 Å². The summed E-state index contributed by atoms with van der Waals surface area (Å²) in [5.41, 5.74) is 7.70. The number of alkyl halides is 3. The molecule has 0 bridgehead atoms. The van der Waals surface area contributed by atoms with Crippen molar-refractivity contribution in [2.75, 3.05) is 11.9 Å². The Morgan fingerprint density at radius 1 is 1.12 bits per heavy atom. The maximum absolute atomic E-state index is 12.1. The monoisotopic (exact) mass is 349 g/mol. The van der Waals surface area contributed by atoms with Crippen LogP contribution in [-0.2, 0) is 0 Å². The van der Waals surface area contributed by atoms with Crippen LogP contribution in [0.15, 0.2) is 59.6 Å². The molecule has 2 unspecified atom stereocenters. The van der Waals surface area contributed by atoms with Gasteiger partial charge in [0.15, 0.2) is 5.96 Å². The second-order valence-electron chi connectivity index (χ2n) is 5.94. The van der Waals surface area contributed by atoms with Crippen molar-refractivity contribution in [3.8, 4) is 5.75 Å². The highest BCUT2D eigenvalue weighted by Crippen LogP contribution is 2.47. The average molecular weight is 349 g/mol. The predicted molar refractivity (Wildman–Crippen MR) is 90.5 cm³/mol. The summed E-state index contributed by atoms with van der Waals surface area (Å²) in [4.78, 5) is 4.31. The Hall–Kier alpha value is -2.70. The van der Waals surface area contributed by atoms with Crippen LogP contribution >= 0.6 is 0 Å². The quantitative estimate of drug-likeness (QED) is 0.631. The van der Waals surface area contributed by atoms with Crippen LogP contribution in [0.2, 0.25) is 0 Å². The molecule has 1 fully saturated rings.